The van der Waals surface area contributed by atoms with Crippen LogP contribution in [0.25, 0.3) is 0 Å². The fourth-order valence-electron chi connectivity index (χ4n) is 4.04. The Morgan fingerprint density at radius 2 is 0.882 bits per heavy atom. The molecule has 2 unspecified atom stereocenters. The molecular weight excluding hydrogens is 448 g/mol. The first-order valence-electron chi connectivity index (χ1n) is 14.5. The van der Waals surface area contributed by atoms with Crippen LogP contribution in [0.1, 0.15) is 129 Å². The van der Waals surface area contributed by atoms with E-state index >= 15 is 0 Å². The number of aliphatic hydroxyl groups excluding tert-OH is 2. The summed E-state index contributed by atoms with van der Waals surface area (Å²) in [6, 6.07) is 0. The molecule has 0 bridgehead atoms. The molecule has 0 saturated carbocycles. The van der Waals surface area contributed by atoms with Crippen molar-refractivity contribution in [3.05, 3.63) is 0 Å². The summed E-state index contributed by atoms with van der Waals surface area (Å²) in [6.07, 6.45) is 21.0. The second-order valence-corrected chi connectivity index (χ2v) is 11.5. The van der Waals surface area contributed by atoms with Gasteiger partial charge in [0.2, 0.25) is 0 Å². The van der Waals surface area contributed by atoms with Gasteiger partial charge in [-0.2, -0.15) is 0 Å². The molecule has 6 heteroatoms. The maximum absolute atomic E-state index is 12.0. The molecule has 0 radical (unpaired) electrons. The lowest BCUT2D eigenvalue weighted by molar-refractivity contribution is 0.0359. The monoisotopic (exact) mass is 506 g/mol. The maximum Gasteiger partial charge on any atom is 0.128 e. The van der Waals surface area contributed by atoms with Gasteiger partial charge >= 0.3 is 0 Å². The summed E-state index contributed by atoms with van der Waals surface area (Å²) in [5.41, 5.74) is 0. The summed E-state index contributed by atoms with van der Waals surface area (Å²) in [4.78, 5) is 0. The number of ether oxygens (including phenoxy) is 2. The Morgan fingerprint density at radius 1 is 0.559 bits per heavy atom. The van der Waals surface area contributed by atoms with E-state index in [1.807, 2.05) is 0 Å². The molecular formula is C28H58O5S. The number of hydrogen-bond acceptors (Lipinski definition) is 5. The standard InChI is InChI=1S/C28H58O5S/c1-3-5-7-9-11-13-15-17-19-27(29)25-32-21-23-34(31)24-22-33-26-28(30)20-18-16-14-12-10-8-6-4-2/h27-30H,3-26H2,1-2H3. The predicted octanol–water partition coefficient (Wildman–Crippen LogP) is 6.55. The van der Waals surface area contributed by atoms with Crippen LogP contribution in [0.4, 0.5) is 0 Å². The minimum Gasteiger partial charge on any atom is -0.616 e. The number of rotatable bonds is 28. The van der Waals surface area contributed by atoms with Gasteiger partial charge in [-0.1, -0.05) is 117 Å². The van der Waals surface area contributed by atoms with E-state index in [-0.39, 0.29) is 0 Å². The van der Waals surface area contributed by atoms with Crippen LogP contribution in [0.3, 0.4) is 0 Å². The Labute approximate surface area is 215 Å². The van der Waals surface area contributed by atoms with Gasteiger partial charge in [0.15, 0.2) is 0 Å². The fourth-order valence-corrected chi connectivity index (χ4v) is 4.85. The minimum atomic E-state index is -0.987. The molecule has 0 aromatic carbocycles. The van der Waals surface area contributed by atoms with Crippen LogP contribution in [0.2, 0.25) is 0 Å². The fraction of sp³-hybridized carbons (Fsp3) is 1.00. The van der Waals surface area contributed by atoms with E-state index in [2.05, 4.69) is 13.8 Å². The highest BCUT2D eigenvalue weighted by Gasteiger charge is 2.10. The third-order valence-corrected chi connectivity index (χ3v) is 7.56. The molecule has 0 heterocycles. The van der Waals surface area contributed by atoms with E-state index in [0.717, 1.165) is 25.7 Å². The second kappa shape index (κ2) is 27.7. The molecule has 0 rings (SSSR count). The molecule has 206 valence electrons. The first-order valence-corrected chi connectivity index (χ1v) is 16.0. The molecule has 0 fully saturated rings. The topological polar surface area (TPSA) is 82.0 Å². The smallest absolute Gasteiger partial charge is 0.128 e. The highest BCUT2D eigenvalue weighted by molar-refractivity contribution is 7.91. The first kappa shape index (κ1) is 34.1. The average molecular weight is 507 g/mol. The van der Waals surface area contributed by atoms with Crippen molar-refractivity contribution in [2.24, 2.45) is 0 Å². The van der Waals surface area contributed by atoms with Crippen LogP contribution in [-0.4, -0.2) is 64.9 Å². The van der Waals surface area contributed by atoms with Gasteiger partial charge in [0.25, 0.3) is 0 Å². The highest BCUT2D eigenvalue weighted by atomic mass is 32.2. The molecule has 0 amide bonds. The Hall–Kier alpha value is 0.150. The summed E-state index contributed by atoms with van der Waals surface area (Å²) in [5, 5.41) is 20.0. The maximum atomic E-state index is 12.0. The summed E-state index contributed by atoms with van der Waals surface area (Å²) in [5.74, 6) is 0.934. The normalized spacial score (nSPS) is 14.4. The zero-order valence-corrected chi connectivity index (χ0v) is 23.5. The molecule has 0 spiro atoms. The summed E-state index contributed by atoms with van der Waals surface area (Å²) < 4.78 is 23.0. The largest absolute Gasteiger partial charge is 0.616 e. The summed E-state index contributed by atoms with van der Waals surface area (Å²) >= 11 is -0.987. The predicted molar refractivity (Wildman–Crippen MR) is 146 cm³/mol. The van der Waals surface area contributed by atoms with Crippen molar-refractivity contribution in [3.8, 4) is 0 Å². The lowest BCUT2D eigenvalue weighted by atomic mass is 10.1. The van der Waals surface area contributed by atoms with Gasteiger partial charge in [-0.15, -0.1) is 0 Å². The quantitative estimate of drug-likeness (QED) is 0.0928. The highest BCUT2D eigenvalue weighted by Crippen LogP contribution is 2.12. The van der Waals surface area contributed by atoms with E-state index in [0.29, 0.717) is 37.9 Å². The van der Waals surface area contributed by atoms with Crippen LogP contribution in [0.15, 0.2) is 0 Å². The van der Waals surface area contributed by atoms with E-state index in [1.165, 1.54) is 89.9 Å². The van der Waals surface area contributed by atoms with Crippen LogP contribution in [0.5, 0.6) is 0 Å². The van der Waals surface area contributed by atoms with E-state index in [1.54, 1.807) is 0 Å². The summed E-state index contributed by atoms with van der Waals surface area (Å²) in [7, 11) is 0. The molecule has 0 aliphatic carbocycles. The Balaban J connectivity index is 3.38. The van der Waals surface area contributed by atoms with Gasteiger partial charge in [0, 0.05) is 0 Å². The Kier molecular flexibility index (Phi) is 27.9. The van der Waals surface area contributed by atoms with E-state index < -0.39 is 23.4 Å². The molecule has 2 N–H and O–H groups in total. The Bertz CT molecular complexity index is 352. The van der Waals surface area contributed by atoms with Crippen molar-refractivity contribution in [2.45, 2.75) is 142 Å². The van der Waals surface area contributed by atoms with Crippen LogP contribution in [0, 0.1) is 0 Å². The van der Waals surface area contributed by atoms with Crippen molar-refractivity contribution in [1.29, 1.82) is 0 Å². The SMILES string of the molecule is CCCCCCCCCCC(O)COCC[S+]([O-])CCOCC(O)CCCCCCCCCC. The first-order chi connectivity index (χ1) is 16.6. The molecule has 34 heavy (non-hydrogen) atoms. The van der Waals surface area contributed by atoms with Crippen molar-refractivity contribution in [2.75, 3.05) is 37.9 Å². The van der Waals surface area contributed by atoms with Crippen molar-refractivity contribution in [1.82, 2.24) is 0 Å². The minimum absolute atomic E-state index is 0.329. The van der Waals surface area contributed by atoms with Gasteiger partial charge in [0.1, 0.15) is 11.5 Å². The van der Waals surface area contributed by atoms with Crippen molar-refractivity contribution < 1.29 is 24.2 Å². The Morgan fingerprint density at radius 3 is 1.24 bits per heavy atom. The van der Waals surface area contributed by atoms with Gasteiger partial charge in [-0.25, -0.2) is 0 Å². The molecule has 0 aliphatic heterocycles. The molecule has 0 aromatic heterocycles. The van der Waals surface area contributed by atoms with E-state index in [9.17, 15) is 14.8 Å². The van der Waals surface area contributed by atoms with Crippen LogP contribution in [-0.2, 0) is 20.6 Å². The van der Waals surface area contributed by atoms with Gasteiger partial charge < -0.3 is 24.2 Å². The van der Waals surface area contributed by atoms with Crippen molar-refractivity contribution >= 4 is 11.2 Å². The van der Waals surface area contributed by atoms with Crippen molar-refractivity contribution in [3.63, 3.8) is 0 Å². The molecule has 2 atom stereocenters. The average Bonchev–Trinajstić information content (AvgIpc) is 2.83. The zero-order valence-electron chi connectivity index (χ0n) is 22.7. The second-order valence-electron chi connectivity index (χ2n) is 9.83. The number of aliphatic hydroxyl groups is 2. The third-order valence-electron chi connectivity index (χ3n) is 6.31. The third kappa shape index (κ3) is 26.7. The van der Waals surface area contributed by atoms with Gasteiger partial charge in [-0.05, 0) is 24.0 Å². The van der Waals surface area contributed by atoms with Crippen LogP contribution >= 0.6 is 0 Å². The van der Waals surface area contributed by atoms with E-state index in [4.69, 9.17) is 9.47 Å². The lowest BCUT2D eigenvalue weighted by Crippen LogP contribution is -2.23. The molecule has 0 saturated heterocycles. The van der Waals surface area contributed by atoms with Crippen LogP contribution < -0.4 is 0 Å². The summed E-state index contributed by atoms with van der Waals surface area (Å²) in [6.45, 7) is 5.94. The van der Waals surface area contributed by atoms with Gasteiger partial charge in [0.05, 0.1) is 38.6 Å². The molecule has 0 aromatic rings. The molecule has 5 nitrogen and oxygen atoms in total. The number of hydrogen-bond donors (Lipinski definition) is 2. The molecule has 0 aliphatic rings. The van der Waals surface area contributed by atoms with Gasteiger partial charge in [-0.3, -0.25) is 0 Å². The number of unbranched alkanes of at least 4 members (excludes halogenated alkanes) is 14. The lowest BCUT2D eigenvalue weighted by Gasteiger charge is -2.14. The zero-order chi connectivity index (χ0) is 25.1.